The Morgan fingerprint density at radius 2 is 1.77 bits per heavy atom. The number of fused-ring (bicyclic) bond motifs is 1. The molecule has 2 aromatic heterocycles. The molecule has 216 valence electrons. The predicted octanol–water partition coefficient (Wildman–Crippen LogP) is 6.69. The maximum Gasteiger partial charge on any atom is 0.224 e. The third kappa shape index (κ3) is 8.52. The number of benzene rings is 3. The normalized spacial score (nSPS) is 10.5. The minimum absolute atomic E-state index is 0.0674. The largest absolute Gasteiger partial charge is 0.487 e. The molecule has 2 heterocycles. The van der Waals surface area contributed by atoms with Gasteiger partial charge in [0.15, 0.2) is 5.82 Å². The van der Waals surface area contributed by atoms with Gasteiger partial charge < -0.3 is 20.7 Å². The summed E-state index contributed by atoms with van der Waals surface area (Å²) in [5.41, 5.74) is 2.81. The van der Waals surface area contributed by atoms with Crippen molar-refractivity contribution in [1.82, 2.24) is 15.3 Å². The van der Waals surface area contributed by atoms with Crippen molar-refractivity contribution >= 4 is 62.2 Å². The van der Waals surface area contributed by atoms with Gasteiger partial charge in [0.25, 0.3) is 0 Å². The Balaban J connectivity index is 1.13. The number of nitrogens with zero attached hydrogens (tertiary/aromatic N) is 2. The fraction of sp³-hybridized carbons (Fsp3) is 0.125. The number of rotatable bonds is 10. The third-order valence-corrected chi connectivity index (χ3v) is 7.35. The monoisotopic (exact) mass is 613 g/mol. The summed E-state index contributed by atoms with van der Waals surface area (Å²) in [5, 5.41) is 9.12. The van der Waals surface area contributed by atoms with Crippen molar-refractivity contribution in [3.05, 3.63) is 106 Å². The second-order valence-corrected chi connectivity index (χ2v) is 10.7. The molecule has 0 saturated carbocycles. The Kier molecular flexibility index (Phi) is 9.79. The quantitative estimate of drug-likeness (QED) is 0.152. The van der Waals surface area contributed by atoms with E-state index in [4.69, 9.17) is 16.3 Å². The fourth-order valence-electron chi connectivity index (χ4n) is 3.96. The Morgan fingerprint density at radius 3 is 2.58 bits per heavy atom. The van der Waals surface area contributed by atoms with Crippen molar-refractivity contribution in [2.75, 3.05) is 17.2 Å². The number of thiophene rings is 1. The number of hydrogen-bond acceptors (Lipinski definition) is 7. The molecule has 3 N–H and O–H groups in total. The molecule has 0 spiro atoms. The third-order valence-electron chi connectivity index (χ3n) is 6.01. The van der Waals surface area contributed by atoms with Gasteiger partial charge in [-0.25, -0.2) is 14.4 Å². The highest BCUT2D eigenvalue weighted by atomic mass is 35.5. The number of aromatic nitrogens is 2. The summed E-state index contributed by atoms with van der Waals surface area (Å²) in [6, 6.07) is 22.4. The number of anilines is 3. The zero-order valence-electron chi connectivity index (χ0n) is 22.7. The Bertz CT molecular complexity index is 1820. The molecule has 0 fully saturated rings. The van der Waals surface area contributed by atoms with Crippen LogP contribution < -0.4 is 20.7 Å². The minimum Gasteiger partial charge on any atom is -0.487 e. The number of hydrogen-bond donors (Lipinski definition) is 3. The van der Waals surface area contributed by atoms with Crippen LogP contribution in [0.5, 0.6) is 5.75 Å². The molecule has 11 heteroatoms. The summed E-state index contributed by atoms with van der Waals surface area (Å²) in [6.45, 7) is 0.335. The summed E-state index contributed by atoms with van der Waals surface area (Å²) >= 11 is 7.86. The molecule has 0 bridgehead atoms. The van der Waals surface area contributed by atoms with Crippen LogP contribution in [0.15, 0.2) is 85.2 Å². The number of nitrogens with one attached hydrogen (secondary N) is 3. The van der Waals surface area contributed by atoms with E-state index >= 15 is 0 Å². The molecule has 0 atom stereocenters. The number of ether oxygens (including phenoxy) is 1. The average Bonchev–Trinajstić information content (AvgIpc) is 3.43. The van der Waals surface area contributed by atoms with E-state index in [1.54, 1.807) is 36.4 Å². The van der Waals surface area contributed by atoms with Crippen LogP contribution in [0, 0.1) is 17.7 Å². The zero-order valence-corrected chi connectivity index (χ0v) is 24.3. The summed E-state index contributed by atoms with van der Waals surface area (Å²) in [7, 11) is 0. The molecule has 0 radical (unpaired) electrons. The van der Waals surface area contributed by atoms with Gasteiger partial charge in [-0.05, 0) is 54.1 Å². The molecular weight excluding hydrogens is 589 g/mol. The number of carbonyl (C=O) groups is 2. The molecule has 2 amide bonds. The van der Waals surface area contributed by atoms with Crippen molar-refractivity contribution in [2.24, 2.45) is 0 Å². The predicted molar refractivity (Wildman–Crippen MR) is 167 cm³/mol. The summed E-state index contributed by atoms with van der Waals surface area (Å²) in [4.78, 5) is 33.6. The topological polar surface area (TPSA) is 105 Å². The average molecular weight is 614 g/mol. The highest BCUT2D eigenvalue weighted by Crippen LogP contribution is 2.33. The first-order chi connectivity index (χ1) is 20.9. The lowest BCUT2D eigenvalue weighted by atomic mass is 10.2. The molecule has 0 unspecified atom stereocenters. The van der Waals surface area contributed by atoms with E-state index in [0.717, 1.165) is 15.1 Å². The first kappa shape index (κ1) is 29.5. The maximum absolute atomic E-state index is 13.4. The molecule has 3 aromatic carbocycles. The summed E-state index contributed by atoms with van der Waals surface area (Å²) in [5.74, 6) is 6.24. The van der Waals surface area contributed by atoms with Crippen molar-refractivity contribution in [1.29, 1.82) is 0 Å². The van der Waals surface area contributed by atoms with Gasteiger partial charge in [0, 0.05) is 24.2 Å². The molecule has 0 saturated heterocycles. The van der Waals surface area contributed by atoms with E-state index in [1.807, 2.05) is 30.3 Å². The van der Waals surface area contributed by atoms with Gasteiger partial charge in [0.1, 0.15) is 24.5 Å². The van der Waals surface area contributed by atoms with E-state index in [-0.39, 0.29) is 43.6 Å². The lowest BCUT2D eigenvalue weighted by molar-refractivity contribution is -0.124. The van der Waals surface area contributed by atoms with E-state index in [0.29, 0.717) is 33.5 Å². The highest BCUT2D eigenvalue weighted by Gasteiger charge is 2.11. The van der Waals surface area contributed by atoms with Crippen LogP contribution in [0.2, 0.25) is 5.02 Å². The maximum atomic E-state index is 13.4. The van der Waals surface area contributed by atoms with Crippen LogP contribution in [-0.4, -0.2) is 28.3 Å². The van der Waals surface area contributed by atoms with Crippen LogP contribution in [0.1, 0.15) is 23.3 Å². The number of para-hydroxylation sites is 1. The van der Waals surface area contributed by atoms with Gasteiger partial charge in [-0.2, -0.15) is 0 Å². The van der Waals surface area contributed by atoms with Crippen LogP contribution in [-0.2, 0) is 16.2 Å². The van der Waals surface area contributed by atoms with Crippen LogP contribution in [0.25, 0.3) is 10.2 Å². The lowest BCUT2D eigenvalue weighted by Gasteiger charge is -2.11. The fourth-order valence-corrected chi connectivity index (χ4v) is 5.13. The van der Waals surface area contributed by atoms with Crippen molar-refractivity contribution < 1.29 is 18.7 Å². The van der Waals surface area contributed by atoms with Gasteiger partial charge >= 0.3 is 0 Å². The van der Waals surface area contributed by atoms with Gasteiger partial charge in [-0.1, -0.05) is 53.8 Å². The first-order valence-corrected chi connectivity index (χ1v) is 14.4. The van der Waals surface area contributed by atoms with E-state index in [1.165, 1.54) is 29.8 Å². The van der Waals surface area contributed by atoms with Crippen molar-refractivity contribution in [3.63, 3.8) is 0 Å². The molecular formula is C32H25ClFN5O3S. The molecule has 8 nitrogen and oxygen atoms in total. The standard InChI is InChI=1S/C32H25ClFN5O3S/c33-26-17-24(11-12-28(26)42-19-21-6-4-7-22(34)16-21)39-32-31-27(36-20-37-32)18-25(43-31)10-5-15-35-29(40)13-14-30(41)38-23-8-2-1-3-9-23/h1-4,6-9,11-12,16-18,20H,13-15,19H2,(H,35,40)(H,38,41)(H,36,37,39). The van der Waals surface area contributed by atoms with Gasteiger partial charge in [-0.15, -0.1) is 11.3 Å². The second kappa shape index (κ2) is 14.3. The Hall–Kier alpha value is -4.98. The molecule has 43 heavy (non-hydrogen) atoms. The van der Waals surface area contributed by atoms with Crippen molar-refractivity contribution in [2.45, 2.75) is 19.4 Å². The lowest BCUT2D eigenvalue weighted by Crippen LogP contribution is -2.25. The summed E-state index contributed by atoms with van der Waals surface area (Å²) in [6.07, 6.45) is 1.60. The number of carbonyl (C=O) groups excluding carboxylic acids is 2. The minimum atomic E-state index is -0.324. The van der Waals surface area contributed by atoms with Gasteiger partial charge in [-0.3, -0.25) is 9.59 Å². The first-order valence-electron chi connectivity index (χ1n) is 13.2. The summed E-state index contributed by atoms with van der Waals surface area (Å²) < 4.78 is 20.0. The van der Waals surface area contributed by atoms with E-state index in [9.17, 15) is 14.0 Å². The molecule has 0 aliphatic rings. The second-order valence-electron chi connectivity index (χ2n) is 9.23. The van der Waals surface area contributed by atoms with Crippen molar-refractivity contribution in [3.8, 4) is 17.6 Å². The zero-order chi connectivity index (χ0) is 30.0. The Labute approximate surface area is 256 Å². The Morgan fingerprint density at radius 1 is 0.930 bits per heavy atom. The molecule has 0 aliphatic carbocycles. The van der Waals surface area contributed by atoms with E-state index in [2.05, 4.69) is 37.8 Å². The van der Waals surface area contributed by atoms with Gasteiger partial charge in [0.05, 0.1) is 26.7 Å². The van der Waals surface area contributed by atoms with Crippen LogP contribution in [0.4, 0.5) is 21.6 Å². The number of amides is 2. The van der Waals surface area contributed by atoms with E-state index < -0.39 is 0 Å². The van der Waals surface area contributed by atoms with Gasteiger partial charge in [0.2, 0.25) is 11.8 Å². The molecule has 5 aromatic rings. The SMILES string of the molecule is O=C(CCC(=O)Nc1ccccc1)NCC#Cc1cc2ncnc(Nc3ccc(OCc4cccc(F)c4)c(Cl)c3)c2s1. The molecule has 5 rings (SSSR count). The van der Waals surface area contributed by atoms with Crippen LogP contribution >= 0.6 is 22.9 Å². The van der Waals surface area contributed by atoms with Crippen LogP contribution in [0.3, 0.4) is 0 Å². The number of halogens is 2. The highest BCUT2D eigenvalue weighted by molar-refractivity contribution is 7.20. The molecule has 0 aliphatic heterocycles. The smallest absolute Gasteiger partial charge is 0.224 e.